The van der Waals surface area contributed by atoms with E-state index in [-0.39, 0.29) is 34.7 Å². The SMILES string of the molecule is C=C/C=C(/CCCNc1c(F)c(N)c2c(=O)c(C#N)cn3c2c1OCC3(C)C)N=CC. The smallest absolute Gasteiger partial charge is 0.209 e. The molecule has 0 saturated heterocycles. The third-order valence-electron chi connectivity index (χ3n) is 5.23. The predicted octanol–water partition coefficient (Wildman–Crippen LogP) is 4.07. The van der Waals surface area contributed by atoms with Crippen molar-refractivity contribution in [2.75, 3.05) is 24.2 Å². The van der Waals surface area contributed by atoms with E-state index in [1.165, 1.54) is 6.20 Å². The van der Waals surface area contributed by atoms with Gasteiger partial charge in [0.25, 0.3) is 0 Å². The fraction of sp³-hybridized carbons (Fsp3) is 0.348. The summed E-state index contributed by atoms with van der Waals surface area (Å²) in [4.78, 5) is 17.1. The molecule has 8 heteroatoms. The number of anilines is 2. The van der Waals surface area contributed by atoms with Crippen LogP contribution in [0, 0.1) is 17.1 Å². The molecule has 162 valence electrons. The normalized spacial score (nSPS) is 15.0. The second-order valence-corrected chi connectivity index (χ2v) is 7.92. The number of benzene rings is 1. The number of nitrogens with two attached hydrogens (primary N) is 1. The number of aliphatic imine (C=N–C) groups is 1. The van der Waals surface area contributed by atoms with Crippen LogP contribution >= 0.6 is 0 Å². The fourth-order valence-corrected chi connectivity index (χ4v) is 3.70. The molecule has 2 aromatic rings. The third kappa shape index (κ3) is 3.91. The van der Waals surface area contributed by atoms with E-state index in [1.807, 2.05) is 32.9 Å². The van der Waals surface area contributed by atoms with Crippen LogP contribution in [0.25, 0.3) is 10.9 Å². The summed E-state index contributed by atoms with van der Waals surface area (Å²) >= 11 is 0. The minimum Gasteiger partial charge on any atom is -0.487 e. The molecule has 0 unspecified atom stereocenters. The second-order valence-electron chi connectivity index (χ2n) is 7.92. The van der Waals surface area contributed by atoms with Gasteiger partial charge in [0.1, 0.15) is 23.9 Å². The highest BCUT2D eigenvalue weighted by Gasteiger charge is 2.34. The Kier molecular flexibility index (Phi) is 6.16. The van der Waals surface area contributed by atoms with Gasteiger partial charge in [-0.05, 0) is 39.7 Å². The minimum absolute atomic E-state index is 0.0293. The summed E-state index contributed by atoms with van der Waals surface area (Å²) in [6.45, 7) is 10.0. The average Bonchev–Trinajstić information content (AvgIpc) is 2.73. The molecular formula is C23H26FN5O2. The van der Waals surface area contributed by atoms with Crippen LogP contribution in [0.15, 0.2) is 40.4 Å². The van der Waals surface area contributed by atoms with Gasteiger partial charge < -0.3 is 20.4 Å². The molecule has 0 amide bonds. The van der Waals surface area contributed by atoms with Crippen molar-refractivity contribution in [3.05, 3.63) is 52.2 Å². The number of nitrogen functional groups attached to an aromatic ring is 1. The number of pyridine rings is 1. The molecule has 1 aliphatic heterocycles. The molecule has 0 atom stereocenters. The summed E-state index contributed by atoms with van der Waals surface area (Å²) in [5, 5.41) is 12.4. The molecule has 7 nitrogen and oxygen atoms in total. The molecule has 1 aromatic carbocycles. The first kappa shape index (κ1) is 22.1. The third-order valence-corrected chi connectivity index (χ3v) is 5.23. The summed E-state index contributed by atoms with van der Waals surface area (Å²) in [7, 11) is 0. The van der Waals surface area contributed by atoms with E-state index in [4.69, 9.17) is 10.5 Å². The minimum atomic E-state index is -0.755. The van der Waals surface area contributed by atoms with Crippen LogP contribution in [-0.2, 0) is 5.54 Å². The number of hydrogen-bond donors (Lipinski definition) is 2. The van der Waals surface area contributed by atoms with Gasteiger partial charge in [0.2, 0.25) is 5.43 Å². The Morgan fingerprint density at radius 1 is 1.55 bits per heavy atom. The number of halogens is 1. The van der Waals surface area contributed by atoms with E-state index in [9.17, 15) is 10.1 Å². The molecule has 0 saturated carbocycles. The zero-order valence-electron chi connectivity index (χ0n) is 18.0. The monoisotopic (exact) mass is 423 g/mol. The average molecular weight is 423 g/mol. The number of allylic oxidation sites excluding steroid dienone is 3. The largest absolute Gasteiger partial charge is 0.487 e. The molecule has 0 fully saturated rings. The Labute approximate surface area is 180 Å². The lowest BCUT2D eigenvalue weighted by molar-refractivity contribution is 0.171. The zero-order valence-corrected chi connectivity index (χ0v) is 18.0. The molecule has 0 bridgehead atoms. The maximum absolute atomic E-state index is 15.2. The number of rotatable bonds is 7. The number of nitriles is 1. The van der Waals surface area contributed by atoms with E-state index in [0.717, 1.165) is 5.70 Å². The highest BCUT2D eigenvalue weighted by atomic mass is 19.1. The Morgan fingerprint density at radius 2 is 2.29 bits per heavy atom. The summed E-state index contributed by atoms with van der Waals surface area (Å²) in [6.07, 6.45) is 8.06. The van der Waals surface area contributed by atoms with Gasteiger partial charge in [0.05, 0.1) is 22.1 Å². The molecule has 0 radical (unpaired) electrons. The molecule has 3 rings (SSSR count). The van der Waals surface area contributed by atoms with Crippen LogP contribution in [0.5, 0.6) is 5.75 Å². The van der Waals surface area contributed by atoms with Gasteiger partial charge in [0.15, 0.2) is 11.6 Å². The molecule has 1 aliphatic rings. The van der Waals surface area contributed by atoms with Crippen molar-refractivity contribution in [1.29, 1.82) is 5.26 Å². The number of nitrogens with zero attached hydrogens (tertiary/aromatic N) is 3. The molecule has 2 heterocycles. The molecule has 3 N–H and O–H groups in total. The quantitative estimate of drug-likeness (QED) is 0.302. The molecular weight excluding hydrogens is 397 g/mol. The lowest BCUT2D eigenvalue weighted by Gasteiger charge is -2.36. The van der Waals surface area contributed by atoms with Crippen molar-refractivity contribution in [3.63, 3.8) is 0 Å². The van der Waals surface area contributed by atoms with Gasteiger partial charge >= 0.3 is 0 Å². The van der Waals surface area contributed by atoms with Crippen LogP contribution in [0.3, 0.4) is 0 Å². The standard InChI is InChI=1S/C23H26FN5O2/c1-5-8-15(27-6-2)9-7-10-28-19-17(24)18(26)16-20-22(19)31-13-23(3,4)29(20)12-14(11-25)21(16)30/h5-6,8,12,28H,1,7,9-10,13,26H2,2-4H3/b15-8-,27-6?. The highest BCUT2D eigenvalue weighted by molar-refractivity contribution is 6.00. The van der Waals surface area contributed by atoms with Crippen LogP contribution < -0.4 is 21.2 Å². The van der Waals surface area contributed by atoms with Gasteiger partial charge in [-0.1, -0.05) is 12.7 Å². The van der Waals surface area contributed by atoms with E-state index in [1.54, 1.807) is 16.9 Å². The van der Waals surface area contributed by atoms with Crippen LogP contribution in [0.2, 0.25) is 0 Å². The van der Waals surface area contributed by atoms with E-state index in [0.29, 0.717) is 24.9 Å². The fourth-order valence-electron chi connectivity index (χ4n) is 3.70. The highest BCUT2D eigenvalue weighted by Crippen LogP contribution is 2.44. The van der Waals surface area contributed by atoms with Gasteiger partial charge in [-0.15, -0.1) is 0 Å². The Morgan fingerprint density at radius 3 is 2.94 bits per heavy atom. The first-order chi connectivity index (χ1) is 14.8. The van der Waals surface area contributed by atoms with Gasteiger partial charge in [-0.25, -0.2) is 4.39 Å². The number of aromatic nitrogens is 1. The van der Waals surface area contributed by atoms with Crippen LogP contribution in [0.4, 0.5) is 15.8 Å². The zero-order chi connectivity index (χ0) is 22.8. The molecule has 31 heavy (non-hydrogen) atoms. The van der Waals surface area contributed by atoms with Crippen LogP contribution in [0.1, 0.15) is 39.2 Å². The molecule has 0 spiro atoms. The van der Waals surface area contributed by atoms with Gasteiger partial charge in [-0.3, -0.25) is 9.79 Å². The summed E-state index contributed by atoms with van der Waals surface area (Å²) in [5.41, 5.74) is 5.90. The van der Waals surface area contributed by atoms with Gasteiger partial charge in [0, 0.05) is 24.7 Å². The lowest BCUT2D eigenvalue weighted by Crippen LogP contribution is -2.38. The van der Waals surface area contributed by atoms with E-state index >= 15 is 4.39 Å². The van der Waals surface area contributed by atoms with Gasteiger partial charge in [-0.2, -0.15) is 5.26 Å². The number of hydrogen-bond acceptors (Lipinski definition) is 6. The Balaban J connectivity index is 2.05. The Bertz CT molecular complexity index is 1200. The van der Waals surface area contributed by atoms with E-state index < -0.39 is 16.8 Å². The Hall–Kier alpha value is -3.60. The topological polar surface area (TPSA) is 105 Å². The maximum Gasteiger partial charge on any atom is 0.209 e. The first-order valence-electron chi connectivity index (χ1n) is 10.0. The number of nitrogens with one attached hydrogen (secondary N) is 1. The van der Waals surface area contributed by atoms with Crippen molar-refractivity contribution in [2.24, 2.45) is 4.99 Å². The maximum atomic E-state index is 15.2. The first-order valence-corrected chi connectivity index (χ1v) is 10.0. The summed E-state index contributed by atoms with van der Waals surface area (Å²) in [6, 6.07) is 1.89. The van der Waals surface area contributed by atoms with E-state index in [2.05, 4.69) is 16.9 Å². The summed E-state index contributed by atoms with van der Waals surface area (Å²) in [5.74, 6) is -0.523. The molecule has 0 aliphatic carbocycles. The van der Waals surface area contributed by atoms with Crippen molar-refractivity contribution >= 4 is 28.5 Å². The molecule has 1 aromatic heterocycles. The lowest BCUT2D eigenvalue weighted by atomic mass is 9.99. The van der Waals surface area contributed by atoms with Crippen molar-refractivity contribution in [1.82, 2.24) is 4.57 Å². The van der Waals surface area contributed by atoms with Crippen molar-refractivity contribution in [3.8, 4) is 11.8 Å². The predicted molar refractivity (Wildman–Crippen MR) is 122 cm³/mol. The van der Waals surface area contributed by atoms with Crippen LogP contribution in [-0.4, -0.2) is 23.9 Å². The second kappa shape index (κ2) is 8.64. The van der Waals surface area contributed by atoms with Crippen molar-refractivity contribution in [2.45, 2.75) is 39.2 Å². The number of ether oxygens (including phenoxy) is 1. The summed E-state index contributed by atoms with van der Waals surface area (Å²) < 4.78 is 22.9. The van der Waals surface area contributed by atoms with Crippen molar-refractivity contribution < 1.29 is 9.13 Å².